The molecule has 168 valence electrons. The molecule has 2 atom stereocenters. The van der Waals surface area contributed by atoms with Crippen molar-refractivity contribution in [1.82, 2.24) is 19.5 Å². The molecule has 8 heteroatoms. The average molecular weight is 442 g/mol. The minimum absolute atomic E-state index is 0.00110. The Bertz CT molecular complexity index is 1200. The summed E-state index contributed by atoms with van der Waals surface area (Å²) in [6, 6.07) is 8.80. The number of hydrogen-bond donors (Lipinski definition) is 0. The van der Waals surface area contributed by atoms with Gasteiger partial charge in [-0.25, -0.2) is 9.50 Å². The number of carbonyl (C=O) groups is 1. The fourth-order valence-corrected chi connectivity index (χ4v) is 5.58. The van der Waals surface area contributed by atoms with E-state index in [1.165, 1.54) is 6.07 Å². The molecule has 1 saturated heterocycles. The highest BCUT2D eigenvalue weighted by Gasteiger charge is 2.41. The van der Waals surface area contributed by atoms with E-state index in [2.05, 4.69) is 17.0 Å². The van der Waals surface area contributed by atoms with Gasteiger partial charge in [-0.2, -0.15) is 18.3 Å². The van der Waals surface area contributed by atoms with Crippen molar-refractivity contribution in [2.75, 3.05) is 0 Å². The minimum atomic E-state index is -4.62. The number of aryl methyl sites for hydroxylation is 1. The van der Waals surface area contributed by atoms with Crippen LogP contribution in [0.25, 0.3) is 16.9 Å². The number of fused-ring (bicyclic) bond motifs is 4. The summed E-state index contributed by atoms with van der Waals surface area (Å²) in [7, 11) is 0. The summed E-state index contributed by atoms with van der Waals surface area (Å²) >= 11 is 0. The fraction of sp³-hybridized carbons (Fsp3) is 0.458. The zero-order valence-corrected chi connectivity index (χ0v) is 18.3. The van der Waals surface area contributed by atoms with Crippen molar-refractivity contribution in [2.45, 2.75) is 64.7 Å². The van der Waals surface area contributed by atoms with Gasteiger partial charge in [-0.3, -0.25) is 4.79 Å². The van der Waals surface area contributed by atoms with Crippen LogP contribution in [0.5, 0.6) is 0 Å². The predicted molar refractivity (Wildman–Crippen MR) is 114 cm³/mol. The van der Waals surface area contributed by atoms with Crippen molar-refractivity contribution < 1.29 is 18.0 Å². The second-order valence-electron chi connectivity index (χ2n) is 9.23. The highest BCUT2D eigenvalue weighted by atomic mass is 19.4. The summed E-state index contributed by atoms with van der Waals surface area (Å²) in [5.74, 6) is 0.157. The standard InChI is InChI=1S/C24H25F3N4O/c1-13-10-14(2)30(15(3)11-13)23(32)19-12-20-28-21-17-7-5-4-6-16(17)8-9-18(21)22(24(25,26)27)31(20)29-19/h4-7,12-15H,8-11H2,1-3H3. The van der Waals surface area contributed by atoms with E-state index in [-0.39, 0.29) is 41.3 Å². The molecule has 0 radical (unpaired) electrons. The van der Waals surface area contributed by atoms with Crippen LogP contribution in [-0.4, -0.2) is 37.5 Å². The molecule has 0 N–H and O–H groups in total. The number of carbonyl (C=O) groups excluding carboxylic acids is 1. The summed E-state index contributed by atoms with van der Waals surface area (Å²) in [5, 5.41) is 4.15. The zero-order valence-electron chi connectivity index (χ0n) is 18.3. The van der Waals surface area contributed by atoms with Crippen molar-refractivity contribution in [1.29, 1.82) is 0 Å². The van der Waals surface area contributed by atoms with Gasteiger partial charge in [0.25, 0.3) is 5.91 Å². The third-order valence-corrected chi connectivity index (χ3v) is 6.78. The molecule has 2 aromatic heterocycles. The summed E-state index contributed by atoms with van der Waals surface area (Å²) in [6.45, 7) is 6.12. The molecular weight excluding hydrogens is 417 g/mol. The summed E-state index contributed by atoms with van der Waals surface area (Å²) < 4.78 is 43.5. The van der Waals surface area contributed by atoms with Gasteiger partial charge in [0.1, 0.15) is 0 Å². The largest absolute Gasteiger partial charge is 0.433 e. The Morgan fingerprint density at radius 1 is 1.06 bits per heavy atom. The zero-order chi connectivity index (χ0) is 22.8. The molecule has 1 aliphatic carbocycles. The molecule has 2 aliphatic rings. The molecule has 32 heavy (non-hydrogen) atoms. The predicted octanol–water partition coefficient (Wildman–Crippen LogP) is 5.16. The molecule has 2 unspecified atom stereocenters. The van der Waals surface area contributed by atoms with E-state index in [1.54, 1.807) is 17.0 Å². The van der Waals surface area contributed by atoms with Crippen LogP contribution >= 0.6 is 0 Å². The van der Waals surface area contributed by atoms with E-state index in [0.29, 0.717) is 23.6 Å². The van der Waals surface area contributed by atoms with Crippen LogP contribution in [0.3, 0.4) is 0 Å². The summed E-state index contributed by atoms with van der Waals surface area (Å²) in [6.07, 6.45) is -2.16. The van der Waals surface area contributed by atoms with Crippen molar-refractivity contribution >= 4 is 11.6 Å². The number of rotatable bonds is 1. The summed E-state index contributed by atoms with van der Waals surface area (Å²) in [4.78, 5) is 19.6. The van der Waals surface area contributed by atoms with Gasteiger partial charge >= 0.3 is 6.18 Å². The number of amides is 1. The van der Waals surface area contributed by atoms with Gasteiger partial charge in [0.05, 0.1) is 5.69 Å². The van der Waals surface area contributed by atoms with Gasteiger partial charge in [-0.15, -0.1) is 0 Å². The fourth-order valence-electron chi connectivity index (χ4n) is 5.58. The lowest BCUT2D eigenvalue weighted by Gasteiger charge is -2.41. The van der Waals surface area contributed by atoms with Gasteiger partial charge in [-0.05, 0) is 51.0 Å². The first-order valence-corrected chi connectivity index (χ1v) is 11.1. The lowest BCUT2D eigenvalue weighted by atomic mass is 9.88. The highest BCUT2D eigenvalue weighted by Crippen LogP contribution is 2.40. The lowest BCUT2D eigenvalue weighted by molar-refractivity contribution is -0.143. The van der Waals surface area contributed by atoms with Gasteiger partial charge in [0.15, 0.2) is 17.0 Å². The van der Waals surface area contributed by atoms with Gasteiger partial charge < -0.3 is 4.90 Å². The molecule has 1 fully saturated rings. The second-order valence-corrected chi connectivity index (χ2v) is 9.23. The Hall–Kier alpha value is -2.90. The Kier molecular flexibility index (Phi) is 4.80. The van der Waals surface area contributed by atoms with Crippen LogP contribution in [0, 0.1) is 5.92 Å². The smallest absolute Gasteiger partial charge is 0.332 e. The topological polar surface area (TPSA) is 50.5 Å². The Morgan fingerprint density at radius 3 is 2.44 bits per heavy atom. The first-order valence-electron chi connectivity index (χ1n) is 11.1. The Morgan fingerprint density at radius 2 is 1.75 bits per heavy atom. The van der Waals surface area contributed by atoms with Crippen LogP contribution in [0.4, 0.5) is 13.2 Å². The van der Waals surface area contributed by atoms with Gasteiger partial charge in [0, 0.05) is 29.3 Å². The van der Waals surface area contributed by atoms with Crippen molar-refractivity contribution in [3.63, 3.8) is 0 Å². The third-order valence-electron chi connectivity index (χ3n) is 6.78. The monoisotopic (exact) mass is 442 g/mol. The first kappa shape index (κ1) is 21.0. The van der Waals surface area contributed by atoms with Crippen LogP contribution in [0.2, 0.25) is 0 Å². The number of piperidine rings is 1. The number of alkyl halides is 3. The molecular formula is C24H25F3N4O. The van der Waals surface area contributed by atoms with E-state index < -0.39 is 11.9 Å². The average Bonchev–Trinajstić information content (AvgIpc) is 3.13. The maximum absolute atomic E-state index is 14.2. The van der Waals surface area contributed by atoms with Crippen LogP contribution in [0.15, 0.2) is 30.3 Å². The number of halogens is 3. The van der Waals surface area contributed by atoms with E-state index in [0.717, 1.165) is 22.9 Å². The maximum atomic E-state index is 14.2. The van der Waals surface area contributed by atoms with E-state index in [4.69, 9.17) is 0 Å². The molecule has 0 bridgehead atoms. The lowest BCUT2D eigenvalue weighted by Crippen LogP contribution is -2.49. The Balaban J connectivity index is 1.67. The van der Waals surface area contributed by atoms with Crippen LogP contribution < -0.4 is 0 Å². The van der Waals surface area contributed by atoms with Crippen molar-refractivity contribution in [3.8, 4) is 11.3 Å². The minimum Gasteiger partial charge on any atom is -0.332 e. The summed E-state index contributed by atoms with van der Waals surface area (Å²) in [5.41, 5.74) is 1.38. The number of benzene rings is 1. The number of aromatic nitrogens is 3. The number of nitrogens with zero attached hydrogens (tertiary/aromatic N) is 4. The molecule has 5 nitrogen and oxygen atoms in total. The molecule has 3 aromatic rings. The van der Waals surface area contributed by atoms with Gasteiger partial charge in [0.2, 0.25) is 0 Å². The Labute approximate surface area is 184 Å². The molecule has 1 amide bonds. The molecule has 3 heterocycles. The first-order chi connectivity index (χ1) is 15.1. The molecule has 1 aliphatic heterocycles. The molecule has 1 aromatic carbocycles. The normalized spacial score (nSPS) is 23.2. The van der Waals surface area contributed by atoms with Gasteiger partial charge in [-0.1, -0.05) is 31.2 Å². The van der Waals surface area contributed by atoms with E-state index in [1.807, 2.05) is 26.0 Å². The molecule has 0 spiro atoms. The van der Waals surface area contributed by atoms with Crippen molar-refractivity contribution in [3.05, 3.63) is 52.8 Å². The molecule has 5 rings (SSSR count). The van der Waals surface area contributed by atoms with E-state index >= 15 is 0 Å². The van der Waals surface area contributed by atoms with Crippen LogP contribution in [0.1, 0.15) is 60.9 Å². The molecule has 0 saturated carbocycles. The number of likely N-dealkylation sites (tertiary alicyclic amines) is 1. The number of hydrogen-bond acceptors (Lipinski definition) is 3. The second kappa shape index (κ2) is 7.32. The SMILES string of the molecule is CC1CC(C)N(C(=O)c2cc3nc4c(c(C(F)(F)F)n3n2)CCc2ccccc2-4)C(C)C1. The quantitative estimate of drug-likeness (QED) is 0.523. The van der Waals surface area contributed by atoms with Crippen molar-refractivity contribution in [2.24, 2.45) is 5.92 Å². The third kappa shape index (κ3) is 3.27. The highest BCUT2D eigenvalue weighted by molar-refractivity contribution is 5.94. The maximum Gasteiger partial charge on any atom is 0.433 e. The van der Waals surface area contributed by atoms with E-state index in [9.17, 15) is 18.0 Å². The van der Waals surface area contributed by atoms with Crippen LogP contribution in [-0.2, 0) is 19.0 Å².